The van der Waals surface area contributed by atoms with Crippen molar-refractivity contribution >= 4 is 44.1 Å². The fraction of sp³-hybridized carbons (Fsp3) is 0.0667. The molecule has 3 aromatic rings. The van der Waals surface area contributed by atoms with Gasteiger partial charge in [-0.05, 0) is 24.3 Å². The van der Waals surface area contributed by atoms with E-state index in [1.54, 1.807) is 12.1 Å². The summed E-state index contributed by atoms with van der Waals surface area (Å²) in [4.78, 5) is 3.24. The molecule has 2 N–H and O–H groups in total. The van der Waals surface area contributed by atoms with Crippen molar-refractivity contribution < 1.29 is 4.39 Å². The third-order valence-corrected chi connectivity index (χ3v) is 4.03. The molecular weight excluding hydrogens is 343 g/mol. The van der Waals surface area contributed by atoms with Crippen molar-refractivity contribution in [1.29, 1.82) is 0 Å². The lowest BCUT2D eigenvalue weighted by Crippen LogP contribution is -2.02. The van der Waals surface area contributed by atoms with Crippen LogP contribution >= 0.6 is 27.5 Å². The van der Waals surface area contributed by atoms with Crippen molar-refractivity contribution in [1.82, 2.24) is 4.98 Å². The van der Waals surface area contributed by atoms with Crippen molar-refractivity contribution in [3.63, 3.8) is 0 Å². The number of halogens is 3. The number of rotatable bonds is 3. The Morgan fingerprint density at radius 1 is 1.20 bits per heavy atom. The van der Waals surface area contributed by atoms with Gasteiger partial charge < -0.3 is 10.3 Å². The first-order valence-corrected chi connectivity index (χ1v) is 7.26. The number of hydrogen-bond acceptors (Lipinski definition) is 1. The first-order chi connectivity index (χ1) is 9.65. The summed E-state index contributed by atoms with van der Waals surface area (Å²) in [6.45, 7) is 0.437. The van der Waals surface area contributed by atoms with Crippen molar-refractivity contribution in [2.24, 2.45) is 0 Å². The number of anilines is 1. The first kappa shape index (κ1) is 13.5. The maximum Gasteiger partial charge on any atom is 0.147 e. The van der Waals surface area contributed by atoms with Crippen molar-refractivity contribution in [2.45, 2.75) is 6.54 Å². The van der Waals surface area contributed by atoms with Crippen molar-refractivity contribution in [3.05, 3.63) is 63.5 Å². The summed E-state index contributed by atoms with van der Waals surface area (Å²) >= 11 is 9.55. The summed E-state index contributed by atoms with van der Waals surface area (Å²) in [7, 11) is 0. The summed E-state index contributed by atoms with van der Waals surface area (Å²) in [5, 5.41) is 4.69. The Balaban J connectivity index is 1.85. The fourth-order valence-electron chi connectivity index (χ4n) is 2.10. The molecule has 20 heavy (non-hydrogen) atoms. The van der Waals surface area contributed by atoms with Crippen LogP contribution in [-0.4, -0.2) is 4.98 Å². The van der Waals surface area contributed by atoms with Crippen LogP contribution in [0.15, 0.2) is 46.9 Å². The van der Waals surface area contributed by atoms with Crippen LogP contribution in [0.25, 0.3) is 10.9 Å². The van der Waals surface area contributed by atoms with Gasteiger partial charge in [0.05, 0.1) is 22.9 Å². The van der Waals surface area contributed by atoms with E-state index in [2.05, 4.69) is 26.2 Å². The van der Waals surface area contributed by atoms with Crippen LogP contribution in [0.3, 0.4) is 0 Å². The van der Waals surface area contributed by atoms with Crippen LogP contribution in [0, 0.1) is 5.82 Å². The third-order valence-electron chi connectivity index (χ3n) is 3.10. The van der Waals surface area contributed by atoms with E-state index < -0.39 is 0 Å². The quantitative estimate of drug-likeness (QED) is 0.654. The zero-order valence-electron chi connectivity index (χ0n) is 10.4. The number of aromatic nitrogens is 1. The Labute approximate surface area is 129 Å². The van der Waals surface area contributed by atoms with Crippen LogP contribution in [0.2, 0.25) is 5.02 Å². The molecule has 0 aliphatic rings. The zero-order chi connectivity index (χ0) is 14.1. The second kappa shape index (κ2) is 5.46. The molecule has 0 spiro atoms. The van der Waals surface area contributed by atoms with Crippen LogP contribution in [0.4, 0.5) is 10.1 Å². The van der Waals surface area contributed by atoms with Crippen LogP contribution in [0.5, 0.6) is 0 Å². The molecule has 2 aromatic carbocycles. The first-order valence-electron chi connectivity index (χ1n) is 6.09. The monoisotopic (exact) mass is 352 g/mol. The number of para-hydroxylation sites is 1. The molecule has 0 saturated heterocycles. The summed E-state index contributed by atoms with van der Waals surface area (Å²) in [5.41, 5.74) is 2.27. The molecule has 3 rings (SSSR count). The molecule has 0 aliphatic carbocycles. The second-order valence-electron chi connectivity index (χ2n) is 4.44. The smallest absolute Gasteiger partial charge is 0.147 e. The SMILES string of the molecule is Fc1cc(Br)ccc1NCc1[nH]c2ccccc2c1Cl. The number of benzene rings is 2. The van der Waals surface area contributed by atoms with E-state index in [0.717, 1.165) is 16.6 Å². The van der Waals surface area contributed by atoms with Gasteiger partial charge in [-0.25, -0.2) is 4.39 Å². The number of aromatic amines is 1. The van der Waals surface area contributed by atoms with Gasteiger partial charge in [-0.15, -0.1) is 0 Å². The topological polar surface area (TPSA) is 27.8 Å². The highest BCUT2D eigenvalue weighted by Gasteiger charge is 2.09. The van der Waals surface area contributed by atoms with Gasteiger partial charge in [-0.3, -0.25) is 0 Å². The van der Waals surface area contributed by atoms with Gasteiger partial charge >= 0.3 is 0 Å². The largest absolute Gasteiger partial charge is 0.377 e. The average molecular weight is 354 g/mol. The standard InChI is InChI=1S/C15H11BrClFN2/c16-9-5-6-13(11(18)7-9)19-8-14-15(17)10-3-1-2-4-12(10)20-14/h1-7,19-20H,8H2. The summed E-state index contributed by atoms with van der Waals surface area (Å²) in [6, 6.07) is 12.7. The predicted octanol–water partition coefficient (Wildman–Crippen LogP) is 5.34. The number of hydrogen-bond donors (Lipinski definition) is 2. The molecule has 0 saturated carbocycles. The highest BCUT2D eigenvalue weighted by molar-refractivity contribution is 9.10. The van der Waals surface area contributed by atoms with Gasteiger partial charge in [-0.2, -0.15) is 0 Å². The molecule has 0 unspecified atom stereocenters. The molecule has 5 heteroatoms. The highest BCUT2D eigenvalue weighted by atomic mass is 79.9. The Morgan fingerprint density at radius 2 is 2.00 bits per heavy atom. The van der Waals surface area contributed by atoms with Gasteiger partial charge in [0.25, 0.3) is 0 Å². The van der Waals surface area contributed by atoms with E-state index >= 15 is 0 Å². The molecule has 0 aliphatic heterocycles. The predicted molar refractivity (Wildman–Crippen MR) is 84.7 cm³/mol. The third kappa shape index (κ3) is 2.53. The van der Waals surface area contributed by atoms with Gasteiger partial charge in [0, 0.05) is 15.4 Å². The van der Waals surface area contributed by atoms with Gasteiger partial charge in [0.15, 0.2) is 0 Å². The number of nitrogens with one attached hydrogen (secondary N) is 2. The number of fused-ring (bicyclic) bond motifs is 1. The average Bonchev–Trinajstić information content (AvgIpc) is 2.75. The maximum atomic E-state index is 13.7. The Morgan fingerprint density at radius 3 is 2.75 bits per heavy atom. The molecule has 0 bridgehead atoms. The summed E-state index contributed by atoms with van der Waals surface area (Å²) in [5.74, 6) is -0.299. The minimum Gasteiger partial charge on any atom is -0.377 e. The van der Waals surface area contributed by atoms with Crippen molar-refractivity contribution in [3.8, 4) is 0 Å². The molecule has 102 valence electrons. The van der Waals surface area contributed by atoms with E-state index in [4.69, 9.17) is 11.6 Å². The second-order valence-corrected chi connectivity index (χ2v) is 5.73. The minimum atomic E-state index is -0.299. The Hall–Kier alpha value is -1.52. The van der Waals surface area contributed by atoms with E-state index in [0.29, 0.717) is 21.7 Å². The maximum absolute atomic E-state index is 13.7. The Bertz CT molecular complexity index is 770. The Kier molecular flexibility index (Phi) is 3.68. The summed E-state index contributed by atoms with van der Waals surface area (Å²) in [6.07, 6.45) is 0. The van der Waals surface area contributed by atoms with Gasteiger partial charge in [0.1, 0.15) is 5.82 Å². The minimum absolute atomic E-state index is 0.299. The number of H-pyrrole nitrogens is 1. The van der Waals surface area contributed by atoms with Gasteiger partial charge in [0.2, 0.25) is 0 Å². The fourth-order valence-corrected chi connectivity index (χ4v) is 2.71. The van der Waals surface area contributed by atoms with E-state index in [9.17, 15) is 4.39 Å². The molecule has 0 fully saturated rings. The molecule has 2 nitrogen and oxygen atoms in total. The van der Waals surface area contributed by atoms with Crippen LogP contribution in [-0.2, 0) is 6.54 Å². The van der Waals surface area contributed by atoms with Crippen LogP contribution in [0.1, 0.15) is 5.69 Å². The normalized spacial score (nSPS) is 10.9. The van der Waals surface area contributed by atoms with Crippen molar-refractivity contribution in [2.75, 3.05) is 5.32 Å². The highest BCUT2D eigenvalue weighted by Crippen LogP contribution is 2.28. The molecule has 1 heterocycles. The van der Waals surface area contributed by atoms with E-state index in [-0.39, 0.29) is 5.82 Å². The molecular formula is C15H11BrClFN2. The lowest BCUT2D eigenvalue weighted by atomic mass is 10.2. The lowest BCUT2D eigenvalue weighted by Gasteiger charge is -2.07. The zero-order valence-corrected chi connectivity index (χ0v) is 12.7. The van der Waals surface area contributed by atoms with Gasteiger partial charge in [-0.1, -0.05) is 45.7 Å². The lowest BCUT2D eigenvalue weighted by molar-refractivity contribution is 0.629. The van der Waals surface area contributed by atoms with E-state index in [1.165, 1.54) is 6.07 Å². The summed E-state index contributed by atoms with van der Waals surface area (Å²) < 4.78 is 14.4. The molecule has 0 atom stereocenters. The van der Waals surface area contributed by atoms with E-state index in [1.807, 2.05) is 24.3 Å². The molecule has 0 amide bonds. The van der Waals surface area contributed by atoms with Crippen LogP contribution < -0.4 is 5.32 Å². The molecule has 0 radical (unpaired) electrons. The molecule has 1 aromatic heterocycles.